The first-order valence-corrected chi connectivity index (χ1v) is 8.42. The molecule has 2 aliphatic heterocycles. The largest absolute Gasteiger partial charge is 0.382 e. The molecule has 0 radical (unpaired) electrons. The minimum absolute atomic E-state index is 0.0355. The first-order chi connectivity index (χ1) is 10.0. The summed E-state index contributed by atoms with van der Waals surface area (Å²) < 4.78 is 0. The second-order valence-corrected chi connectivity index (χ2v) is 7.11. The summed E-state index contributed by atoms with van der Waals surface area (Å²) in [4.78, 5) is 21.9. The van der Waals surface area contributed by atoms with Crippen molar-refractivity contribution in [3.63, 3.8) is 0 Å². The molecule has 3 heterocycles. The molecule has 116 valence electrons. The van der Waals surface area contributed by atoms with Gasteiger partial charge in [-0.3, -0.25) is 9.69 Å². The van der Waals surface area contributed by atoms with Gasteiger partial charge in [-0.25, -0.2) is 4.98 Å². The Bertz CT molecular complexity index is 529. The lowest BCUT2D eigenvalue weighted by Crippen LogP contribution is -2.52. The van der Waals surface area contributed by atoms with Gasteiger partial charge in [0.1, 0.15) is 10.7 Å². The molecule has 1 atom stereocenters. The summed E-state index contributed by atoms with van der Waals surface area (Å²) in [6, 6.07) is 0.811. The van der Waals surface area contributed by atoms with Crippen molar-refractivity contribution in [3.8, 4) is 0 Å². The van der Waals surface area contributed by atoms with Crippen molar-refractivity contribution >= 4 is 28.2 Å². The SMILES string of the molecule is CC(C)Nc1nc(N)c(C(=O)N2CCN3CCCC3C2)s1. The lowest BCUT2D eigenvalue weighted by atomic mass is 10.1. The van der Waals surface area contributed by atoms with E-state index >= 15 is 0 Å². The predicted octanol–water partition coefficient (Wildman–Crippen LogP) is 1.47. The minimum Gasteiger partial charge on any atom is -0.382 e. The number of anilines is 2. The zero-order valence-corrected chi connectivity index (χ0v) is 13.4. The van der Waals surface area contributed by atoms with E-state index in [4.69, 9.17) is 5.73 Å². The van der Waals surface area contributed by atoms with Crippen LogP contribution in [0.2, 0.25) is 0 Å². The van der Waals surface area contributed by atoms with Crippen LogP contribution < -0.4 is 11.1 Å². The molecule has 0 spiro atoms. The molecule has 0 aromatic carbocycles. The fourth-order valence-corrected chi connectivity index (χ4v) is 4.11. The van der Waals surface area contributed by atoms with Crippen molar-refractivity contribution in [3.05, 3.63) is 4.88 Å². The number of nitrogen functional groups attached to an aromatic ring is 1. The number of amides is 1. The van der Waals surface area contributed by atoms with Gasteiger partial charge < -0.3 is 16.0 Å². The third-order valence-corrected chi connectivity index (χ3v) is 5.12. The Morgan fingerprint density at radius 2 is 2.24 bits per heavy atom. The molecule has 1 aromatic rings. The molecule has 2 fully saturated rings. The molecule has 1 aromatic heterocycles. The molecule has 6 nitrogen and oxygen atoms in total. The molecule has 0 bridgehead atoms. The highest BCUT2D eigenvalue weighted by molar-refractivity contribution is 7.18. The number of nitrogens with one attached hydrogen (secondary N) is 1. The van der Waals surface area contributed by atoms with Crippen LogP contribution in [0.1, 0.15) is 36.4 Å². The van der Waals surface area contributed by atoms with Crippen LogP contribution in [0.5, 0.6) is 0 Å². The molecule has 7 heteroatoms. The van der Waals surface area contributed by atoms with Crippen molar-refractivity contribution in [2.75, 3.05) is 37.2 Å². The van der Waals surface area contributed by atoms with Crippen LogP contribution in [-0.2, 0) is 0 Å². The summed E-state index contributed by atoms with van der Waals surface area (Å²) in [5, 5.41) is 3.94. The smallest absolute Gasteiger partial charge is 0.267 e. The Labute approximate surface area is 129 Å². The molecular weight excluding hydrogens is 286 g/mol. The Balaban J connectivity index is 1.71. The highest BCUT2D eigenvalue weighted by Gasteiger charge is 2.34. The van der Waals surface area contributed by atoms with Gasteiger partial charge in [-0.05, 0) is 33.2 Å². The number of nitrogens with zero attached hydrogens (tertiary/aromatic N) is 3. The van der Waals surface area contributed by atoms with Crippen LogP contribution in [0.15, 0.2) is 0 Å². The number of hydrogen-bond acceptors (Lipinski definition) is 6. The second kappa shape index (κ2) is 5.81. The zero-order valence-electron chi connectivity index (χ0n) is 12.6. The quantitative estimate of drug-likeness (QED) is 0.884. The van der Waals surface area contributed by atoms with Crippen LogP contribution in [0, 0.1) is 0 Å². The third-order valence-electron chi connectivity index (χ3n) is 4.13. The molecule has 3 rings (SSSR count). The fraction of sp³-hybridized carbons (Fsp3) is 0.714. The number of carbonyl (C=O) groups excluding carboxylic acids is 1. The summed E-state index contributed by atoms with van der Waals surface area (Å²) in [5.74, 6) is 0.385. The van der Waals surface area contributed by atoms with Crippen LogP contribution in [0.25, 0.3) is 0 Å². The second-order valence-electron chi connectivity index (χ2n) is 6.12. The maximum Gasteiger partial charge on any atom is 0.267 e. The number of aromatic nitrogens is 1. The topological polar surface area (TPSA) is 74.5 Å². The molecule has 0 saturated carbocycles. The monoisotopic (exact) mass is 309 g/mol. The van der Waals surface area contributed by atoms with E-state index in [1.54, 1.807) is 0 Å². The average molecular weight is 309 g/mol. The van der Waals surface area contributed by atoms with Crippen molar-refractivity contribution in [1.29, 1.82) is 0 Å². The molecular formula is C14H23N5OS. The predicted molar refractivity (Wildman–Crippen MR) is 85.8 cm³/mol. The van der Waals surface area contributed by atoms with E-state index in [1.165, 1.54) is 30.7 Å². The van der Waals surface area contributed by atoms with Gasteiger partial charge in [0, 0.05) is 31.7 Å². The number of piperazine rings is 1. The fourth-order valence-electron chi connectivity index (χ4n) is 3.11. The lowest BCUT2D eigenvalue weighted by Gasteiger charge is -2.37. The van der Waals surface area contributed by atoms with Gasteiger partial charge in [0.2, 0.25) is 0 Å². The van der Waals surface area contributed by atoms with Gasteiger partial charge in [-0.2, -0.15) is 0 Å². The highest BCUT2D eigenvalue weighted by Crippen LogP contribution is 2.29. The average Bonchev–Trinajstić information content (AvgIpc) is 3.02. The Morgan fingerprint density at radius 1 is 1.43 bits per heavy atom. The summed E-state index contributed by atoms with van der Waals surface area (Å²) in [6.07, 6.45) is 2.44. The van der Waals surface area contributed by atoms with E-state index in [2.05, 4.69) is 15.2 Å². The van der Waals surface area contributed by atoms with E-state index in [0.29, 0.717) is 16.7 Å². The number of nitrogens with two attached hydrogens (primary N) is 1. The van der Waals surface area contributed by atoms with Gasteiger partial charge in [0.15, 0.2) is 5.13 Å². The third kappa shape index (κ3) is 2.98. The summed E-state index contributed by atoms with van der Waals surface area (Å²) in [6.45, 7) is 7.85. The maximum atomic E-state index is 12.7. The normalized spacial score (nSPS) is 22.6. The van der Waals surface area contributed by atoms with Crippen molar-refractivity contribution in [2.45, 2.75) is 38.8 Å². The van der Waals surface area contributed by atoms with Crippen LogP contribution in [0.4, 0.5) is 10.9 Å². The number of rotatable bonds is 3. The Kier molecular flexibility index (Phi) is 4.03. The van der Waals surface area contributed by atoms with E-state index in [-0.39, 0.29) is 11.9 Å². The van der Waals surface area contributed by atoms with Crippen molar-refractivity contribution < 1.29 is 4.79 Å². The van der Waals surface area contributed by atoms with Crippen molar-refractivity contribution in [1.82, 2.24) is 14.8 Å². The molecule has 0 aliphatic carbocycles. The van der Waals surface area contributed by atoms with Gasteiger partial charge >= 0.3 is 0 Å². The van der Waals surface area contributed by atoms with Crippen molar-refractivity contribution in [2.24, 2.45) is 0 Å². The van der Waals surface area contributed by atoms with E-state index in [0.717, 1.165) is 24.8 Å². The Hall–Kier alpha value is -1.34. The summed E-state index contributed by atoms with van der Waals surface area (Å²) in [7, 11) is 0. The lowest BCUT2D eigenvalue weighted by molar-refractivity contribution is 0.0576. The number of fused-ring (bicyclic) bond motifs is 1. The van der Waals surface area contributed by atoms with Gasteiger partial charge in [-0.15, -0.1) is 0 Å². The highest BCUT2D eigenvalue weighted by atomic mass is 32.1. The molecule has 3 N–H and O–H groups in total. The van der Waals surface area contributed by atoms with Gasteiger partial charge in [-0.1, -0.05) is 11.3 Å². The maximum absolute atomic E-state index is 12.7. The van der Waals surface area contributed by atoms with Crippen LogP contribution >= 0.6 is 11.3 Å². The number of carbonyl (C=O) groups is 1. The zero-order chi connectivity index (χ0) is 15.0. The van der Waals surface area contributed by atoms with Gasteiger partial charge in [0.25, 0.3) is 5.91 Å². The summed E-state index contributed by atoms with van der Waals surface area (Å²) in [5.41, 5.74) is 5.93. The van der Waals surface area contributed by atoms with Crippen LogP contribution in [-0.4, -0.2) is 59.0 Å². The number of thiazole rings is 1. The standard InChI is InChI=1S/C14H23N5OS/c1-9(2)16-14-17-12(15)11(21-14)13(20)19-7-6-18-5-3-4-10(18)8-19/h9-10H,3-8,15H2,1-2H3,(H,16,17). The molecule has 1 amide bonds. The van der Waals surface area contributed by atoms with E-state index in [1.807, 2.05) is 18.7 Å². The molecule has 2 aliphatic rings. The minimum atomic E-state index is 0.0355. The van der Waals surface area contributed by atoms with Gasteiger partial charge in [0.05, 0.1) is 0 Å². The number of hydrogen-bond donors (Lipinski definition) is 2. The first-order valence-electron chi connectivity index (χ1n) is 7.60. The molecule has 1 unspecified atom stereocenters. The first kappa shape index (κ1) is 14.6. The van der Waals surface area contributed by atoms with E-state index in [9.17, 15) is 4.79 Å². The van der Waals surface area contributed by atoms with E-state index < -0.39 is 0 Å². The molecule has 2 saturated heterocycles. The molecule has 21 heavy (non-hydrogen) atoms. The Morgan fingerprint density at radius 3 is 3.00 bits per heavy atom. The van der Waals surface area contributed by atoms with Crippen LogP contribution in [0.3, 0.4) is 0 Å². The summed E-state index contributed by atoms with van der Waals surface area (Å²) >= 11 is 1.36.